The summed E-state index contributed by atoms with van der Waals surface area (Å²) in [5.41, 5.74) is -1.08. The van der Waals surface area contributed by atoms with Gasteiger partial charge in [0.1, 0.15) is 5.82 Å². The summed E-state index contributed by atoms with van der Waals surface area (Å²) >= 11 is 0. The molecule has 2 aromatic rings. The van der Waals surface area contributed by atoms with Crippen LogP contribution in [0.4, 0.5) is 4.39 Å². The third kappa shape index (κ3) is 1.56. The second kappa shape index (κ2) is 3.16. The van der Waals surface area contributed by atoms with Gasteiger partial charge in [-0.25, -0.2) is 14.0 Å². The van der Waals surface area contributed by atoms with Crippen LogP contribution in [0.25, 0.3) is 10.9 Å². The fraction of sp³-hybridized carbons (Fsp3) is 0. The van der Waals surface area contributed by atoms with Crippen molar-refractivity contribution in [3.8, 4) is 0 Å². The molecular formula is C9H5FN2O3. The maximum Gasteiger partial charge on any atom is 0.355 e. The van der Waals surface area contributed by atoms with Crippen LogP contribution in [-0.4, -0.2) is 21.0 Å². The van der Waals surface area contributed by atoms with Crippen molar-refractivity contribution in [2.24, 2.45) is 0 Å². The molecule has 0 amide bonds. The Morgan fingerprint density at radius 1 is 1.47 bits per heavy atom. The van der Waals surface area contributed by atoms with Crippen molar-refractivity contribution in [1.82, 2.24) is 9.97 Å². The van der Waals surface area contributed by atoms with Gasteiger partial charge in [0.05, 0.1) is 5.52 Å². The van der Waals surface area contributed by atoms with Crippen molar-refractivity contribution >= 4 is 16.9 Å². The number of halogens is 1. The smallest absolute Gasteiger partial charge is 0.355 e. The molecule has 6 heteroatoms. The van der Waals surface area contributed by atoms with E-state index in [1.54, 1.807) is 0 Å². The Balaban J connectivity index is 2.92. The van der Waals surface area contributed by atoms with Crippen LogP contribution in [0.2, 0.25) is 0 Å². The molecule has 0 saturated heterocycles. The third-order valence-corrected chi connectivity index (χ3v) is 1.89. The molecule has 0 fully saturated rings. The summed E-state index contributed by atoms with van der Waals surface area (Å²) in [5, 5.41) is 8.97. The number of carbonyl (C=O) groups is 1. The lowest BCUT2D eigenvalue weighted by atomic mass is 10.2. The fourth-order valence-electron chi connectivity index (χ4n) is 1.29. The quantitative estimate of drug-likeness (QED) is 0.724. The van der Waals surface area contributed by atoms with Gasteiger partial charge in [0, 0.05) is 5.39 Å². The minimum atomic E-state index is -1.32. The molecule has 0 bridgehead atoms. The van der Waals surface area contributed by atoms with Crippen molar-refractivity contribution in [3.05, 3.63) is 40.2 Å². The number of nitrogens with one attached hydrogen (secondary N) is 1. The van der Waals surface area contributed by atoms with Gasteiger partial charge < -0.3 is 10.1 Å². The molecule has 0 atom stereocenters. The summed E-state index contributed by atoms with van der Waals surface area (Å²) in [4.78, 5) is 27.3. The number of nitrogens with zero attached hydrogens (tertiary/aromatic N) is 1. The van der Waals surface area contributed by atoms with E-state index in [0.717, 1.165) is 12.1 Å². The van der Waals surface area contributed by atoms with E-state index in [9.17, 15) is 14.0 Å². The van der Waals surface area contributed by atoms with Crippen molar-refractivity contribution in [3.63, 3.8) is 0 Å². The molecule has 0 aliphatic rings. The molecule has 15 heavy (non-hydrogen) atoms. The lowest BCUT2D eigenvalue weighted by Crippen LogP contribution is -2.16. The van der Waals surface area contributed by atoms with Gasteiger partial charge in [-0.15, -0.1) is 0 Å². The van der Waals surface area contributed by atoms with Gasteiger partial charge in [0.2, 0.25) is 0 Å². The highest BCUT2D eigenvalue weighted by Gasteiger charge is 2.12. The molecule has 0 aliphatic carbocycles. The molecule has 5 nitrogen and oxygen atoms in total. The van der Waals surface area contributed by atoms with Gasteiger partial charge in [-0.2, -0.15) is 4.98 Å². The minimum absolute atomic E-state index is 0.118. The maximum atomic E-state index is 12.8. The summed E-state index contributed by atoms with van der Waals surface area (Å²) in [6, 6.07) is 3.41. The third-order valence-electron chi connectivity index (χ3n) is 1.89. The van der Waals surface area contributed by atoms with Gasteiger partial charge in [0.15, 0.2) is 5.69 Å². The molecule has 2 N–H and O–H groups in total. The van der Waals surface area contributed by atoms with Crippen LogP contribution < -0.4 is 5.69 Å². The zero-order valence-electron chi connectivity index (χ0n) is 7.32. The molecule has 0 aliphatic heterocycles. The summed E-state index contributed by atoms with van der Waals surface area (Å²) < 4.78 is 12.8. The number of fused-ring (bicyclic) bond motifs is 1. The number of carboxylic acid groups (broad SMARTS) is 1. The minimum Gasteiger partial charge on any atom is -0.476 e. The van der Waals surface area contributed by atoms with Crippen LogP contribution >= 0.6 is 0 Å². The number of aromatic nitrogens is 2. The van der Waals surface area contributed by atoms with Gasteiger partial charge in [-0.05, 0) is 18.2 Å². The standard InChI is InChI=1S/C9H5FN2O3/c10-4-1-2-5-6(3-4)11-9(15)12-7(5)8(13)14/h1-3H,(H,13,14)(H,11,12,15). The Kier molecular flexibility index (Phi) is 1.96. The summed E-state index contributed by atoms with van der Waals surface area (Å²) in [6.07, 6.45) is 0. The predicted molar refractivity (Wildman–Crippen MR) is 49.3 cm³/mol. The normalized spacial score (nSPS) is 10.5. The van der Waals surface area contributed by atoms with Crippen molar-refractivity contribution in [2.45, 2.75) is 0 Å². The van der Waals surface area contributed by atoms with Crippen molar-refractivity contribution in [1.29, 1.82) is 0 Å². The van der Waals surface area contributed by atoms with E-state index in [-0.39, 0.29) is 16.6 Å². The molecule has 76 valence electrons. The largest absolute Gasteiger partial charge is 0.476 e. The molecular weight excluding hydrogens is 203 g/mol. The van der Waals surface area contributed by atoms with Crippen LogP contribution in [0.15, 0.2) is 23.0 Å². The first-order valence-electron chi connectivity index (χ1n) is 4.01. The first-order valence-corrected chi connectivity index (χ1v) is 4.01. The second-order valence-electron chi connectivity index (χ2n) is 2.89. The Hall–Kier alpha value is -2.24. The first-order chi connectivity index (χ1) is 7.08. The van der Waals surface area contributed by atoms with E-state index >= 15 is 0 Å². The van der Waals surface area contributed by atoms with Crippen molar-refractivity contribution in [2.75, 3.05) is 0 Å². The molecule has 1 heterocycles. The number of benzene rings is 1. The van der Waals surface area contributed by atoms with Crippen molar-refractivity contribution < 1.29 is 14.3 Å². The number of H-pyrrole nitrogens is 1. The average Bonchev–Trinajstić information content (AvgIpc) is 2.15. The summed E-state index contributed by atoms with van der Waals surface area (Å²) in [7, 11) is 0. The van der Waals surface area contributed by atoms with Gasteiger partial charge in [0.25, 0.3) is 0 Å². The van der Waals surface area contributed by atoms with E-state index < -0.39 is 17.5 Å². The summed E-state index contributed by atoms with van der Waals surface area (Å²) in [6.45, 7) is 0. The molecule has 2 rings (SSSR count). The Morgan fingerprint density at radius 2 is 2.20 bits per heavy atom. The van der Waals surface area contributed by atoms with E-state index in [4.69, 9.17) is 5.11 Å². The summed E-state index contributed by atoms with van der Waals surface area (Å²) in [5.74, 6) is -1.88. The highest BCUT2D eigenvalue weighted by molar-refractivity contribution is 6.00. The van der Waals surface area contributed by atoms with Crippen LogP contribution in [0.1, 0.15) is 10.5 Å². The van der Waals surface area contributed by atoms with Crippen LogP contribution in [0.5, 0.6) is 0 Å². The maximum absolute atomic E-state index is 12.8. The lowest BCUT2D eigenvalue weighted by molar-refractivity contribution is 0.0692. The Labute approximate surface area is 82.2 Å². The topological polar surface area (TPSA) is 83.0 Å². The lowest BCUT2D eigenvalue weighted by Gasteiger charge is -2.00. The number of hydrogen-bond donors (Lipinski definition) is 2. The van der Waals surface area contributed by atoms with E-state index in [1.807, 2.05) is 0 Å². The van der Waals surface area contributed by atoms with Gasteiger partial charge in [-0.3, -0.25) is 0 Å². The number of rotatable bonds is 1. The highest BCUT2D eigenvalue weighted by atomic mass is 19.1. The van der Waals surface area contributed by atoms with Crippen LogP contribution in [0, 0.1) is 5.82 Å². The van der Waals surface area contributed by atoms with E-state index in [2.05, 4.69) is 9.97 Å². The fourth-order valence-corrected chi connectivity index (χ4v) is 1.29. The van der Waals surface area contributed by atoms with Gasteiger partial charge in [-0.1, -0.05) is 0 Å². The number of hydrogen-bond acceptors (Lipinski definition) is 3. The Morgan fingerprint density at radius 3 is 2.87 bits per heavy atom. The Bertz CT molecular complexity index is 606. The molecule has 1 aromatic heterocycles. The number of aromatic amines is 1. The monoisotopic (exact) mass is 208 g/mol. The number of carboxylic acids is 1. The van der Waals surface area contributed by atoms with Gasteiger partial charge >= 0.3 is 11.7 Å². The van der Waals surface area contributed by atoms with E-state index in [0.29, 0.717) is 0 Å². The molecule has 0 unspecified atom stereocenters. The predicted octanol–water partition coefficient (Wildman–Crippen LogP) is 0.760. The van der Waals surface area contributed by atoms with Crippen LogP contribution in [0.3, 0.4) is 0 Å². The zero-order chi connectivity index (χ0) is 11.0. The molecule has 0 saturated carbocycles. The van der Waals surface area contributed by atoms with Crippen LogP contribution in [-0.2, 0) is 0 Å². The molecule has 1 aromatic carbocycles. The second-order valence-corrected chi connectivity index (χ2v) is 2.89. The average molecular weight is 208 g/mol. The first kappa shape index (κ1) is 9.32. The SMILES string of the molecule is O=C(O)c1nc(=O)[nH]c2cc(F)ccc12. The zero-order valence-corrected chi connectivity index (χ0v) is 7.32. The van der Waals surface area contributed by atoms with E-state index in [1.165, 1.54) is 6.07 Å². The molecule has 0 radical (unpaired) electrons. The number of aromatic carboxylic acids is 1. The molecule has 0 spiro atoms. The highest BCUT2D eigenvalue weighted by Crippen LogP contribution is 2.14.